The highest BCUT2D eigenvalue weighted by Gasteiger charge is 2.14. The van der Waals surface area contributed by atoms with E-state index in [9.17, 15) is 4.79 Å². The monoisotopic (exact) mass is 391 g/mol. The number of nitrogens with zero attached hydrogens (tertiary/aromatic N) is 4. The number of para-hydroxylation sites is 1. The Kier molecular flexibility index (Phi) is 7.10. The number of methoxy groups -OCH3 is 1. The van der Waals surface area contributed by atoms with Crippen LogP contribution < -0.4 is 10.1 Å². The van der Waals surface area contributed by atoms with E-state index in [2.05, 4.69) is 20.5 Å². The summed E-state index contributed by atoms with van der Waals surface area (Å²) < 4.78 is 5.36. The van der Waals surface area contributed by atoms with Crippen molar-refractivity contribution in [2.45, 2.75) is 12.8 Å². The number of carbonyl (C=O) groups is 1. The van der Waals surface area contributed by atoms with Gasteiger partial charge in [0.1, 0.15) is 11.6 Å². The van der Waals surface area contributed by atoms with Gasteiger partial charge in [-0.15, -0.1) is 10.2 Å². The standard InChI is InChI=1S/C22H25N5O2/c1-27(16-12-17-9-13-23-14-10-17)22(28)19-7-8-21(26-25-19)24-15-11-18-5-3-4-6-20(18)29-2/h3-10,13-14H,11-12,15-16H2,1-2H3,(H,24,26). The maximum atomic E-state index is 12.5. The van der Waals surface area contributed by atoms with Crippen molar-refractivity contribution in [3.05, 3.63) is 77.7 Å². The van der Waals surface area contributed by atoms with Gasteiger partial charge < -0.3 is 15.0 Å². The minimum absolute atomic E-state index is 0.146. The van der Waals surface area contributed by atoms with Gasteiger partial charge in [0.15, 0.2) is 5.69 Å². The van der Waals surface area contributed by atoms with Crippen molar-refractivity contribution in [1.29, 1.82) is 0 Å². The second kappa shape index (κ2) is 10.2. The maximum absolute atomic E-state index is 12.5. The molecule has 29 heavy (non-hydrogen) atoms. The van der Waals surface area contributed by atoms with E-state index in [0.29, 0.717) is 24.6 Å². The summed E-state index contributed by atoms with van der Waals surface area (Å²) in [6.45, 7) is 1.29. The molecule has 2 aromatic heterocycles. The fraction of sp³-hybridized carbons (Fsp3) is 0.273. The lowest BCUT2D eigenvalue weighted by Crippen LogP contribution is -2.29. The van der Waals surface area contributed by atoms with Crippen LogP contribution in [0.5, 0.6) is 5.75 Å². The van der Waals surface area contributed by atoms with Gasteiger partial charge in [0, 0.05) is 32.5 Å². The van der Waals surface area contributed by atoms with Crippen molar-refractivity contribution < 1.29 is 9.53 Å². The first-order chi connectivity index (χ1) is 14.2. The Morgan fingerprint density at radius 3 is 2.55 bits per heavy atom. The number of likely N-dealkylation sites (N-methyl/N-ethyl adjacent to an activating group) is 1. The number of hydrogen-bond donors (Lipinski definition) is 1. The van der Waals surface area contributed by atoms with Gasteiger partial charge in [-0.2, -0.15) is 0 Å². The van der Waals surface area contributed by atoms with Gasteiger partial charge in [0.05, 0.1) is 7.11 Å². The van der Waals surface area contributed by atoms with Crippen LogP contribution in [0, 0.1) is 0 Å². The van der Waals surface area contributed by atoms with Crippen molar-refractivity contribution in [1.82, 2.24) is 20.1 Å². The molecular weight excluding hydrogens is 366 g/mol. The van der Waals surface area contributed by atoms with Crippen LogP contribution in [0.3, 0.4) is 0 Å². The number of pyridine rings is 1. The molecule has 3 aromatic rings. The van der Waals surface area contributed by atoms with E-state index < -0.39 is 0 Å². The summed E-state index contributed by atoms with van der Waals surface area (Å²) >= 11 is 0. The summed E-state index contributed by atoms with van der Waals surface area (Å²) in [6, 6.07) is 15.3. The summed E-state index contributed by atoms with van der Waals surface area (Å²) in [6.07, 6.45) is 5.06. The predicted molar refractivity (Wildman–Crippen MR) is 112 cm³/mol. The fourth-order valence-electron chi connectivity index (χ4n) is 2.92. The molecule has 0 aliphatic carbocycles. The molecule has 1 amide bonds. The third-order valence-corrected chi connectivity index (χ3v) is 4.61. The van der Waals surface area contributed by atoms with Crippen LogP contribution in [0.25, 0.3) is 0 Å². The number of benzene rings is 1. The summed E-state index contributed by atoms with van der Waals surface area (Å²) in [4.78, 5) is 18.2. The molecule has 3 rings (SSSR count). The van der Waals surface area contributed by atoms with E-state index in [1.165, 1.54) is 0 Å². The largest absolute Gasteiger partial charge is 0.496 e. The summed E-state index contributed by atoms with van der Waals surface area (Å²) in [5.74, 6) is 1.36. The highest BCUT2D eigenvalue weighted by Crippen LogP contribution is 2.17. The van der Waals surface area contributed by atoms with Crippen LogP contribution in [0.1, 0.15) is 21.6 Å². The number of amides is 1. The molecule has 7 heteroatoms. The topological polar surface area (TPSA) is 80.2 Å². The molecule has 0 spiro atoms. The minimum Gasteiger partial charge on any atom is -0.496 e. The first kappa shape index (κ1) is 20.3. The molecule has 2 heterocycles. The molecule has 0 atom stereocenters. The Balaban J connectivity index is 1.49. The van der Waals surface area contributed by atoms with Crippen molar-refractivity contribution in [2.24, 2.45) is 0 Å². The molecule has 0 aliphatic rings. The van der Waals surface area contributed by atoms with Gasteiger partial charge in [-0.3, -0.25) is 9.78 Å². The van der Waals surface area contributed by atoms with E-state index in [1.807, 2.05) is 36.4 Å². The van der Waals surface area contributed by atoms with Gasteiger partial charge in [-0.05, 0) is 54.3 Å². The molecule has 0 saturated heterocycles. The van der Waals surface area contributed by atoms with Crippen molar-refractivity contribution in [3.8, 4) is 5.75 Å². The Bertz CT molecular complexity index is 916. The number of ether oxygens (including phenoxy) is 1. The number of hydrogen-bond acceptors (Lipinski definition) is 6. The van der Waals surface area contributed by atoms with Crippen LogP contribution in [-0.4, -0.2) is 53.2 Å². The first-order valence-electron chi connectivity index (χ1n) is 9.51. The zero-order chi connectivity index (χ0) is 20.5. The molecule has 0 aliphatic heterocycles. The van der Waals surface area contributed by atoms with Gasteiger partial charge >= 0.3 is 0 Å². The van der Waals surface area contributed by atoms with E-state index in [4.69, 9.17) is 4.74 Å². The average Bonchev–Trinajstić information content (AvgIpc) is 2.78. The fourth-order valence-corrected chi connectivity index (χ4v) is 2.92. The average molecular weight is 391 g/mol. The third-order valence-electron chi connectivity index (χ3n) is 4.61. The van der Waals surface area contributed by atoms with Crippen molar-refractivity contribution in [2.75, 3.05) is 32.6 Å². The number of nitrogens with one attached hydrogen (secondary N) is 1. The number of anilines is 1. The lowest BCUT2D eigenvalue weighted by Gasteiger charge is -2.16. The molecule has 0 fully saturated rings. The molecule has 0 bridgehead atoms. The lowest BCUT2D eigenvalue weighted by molar-refractivity contribution is 0.0789. The Morgan fingerprint density at radius 2 is 1.83 bits per heavy atom. The van der Waals surface area contributed by atoms with Gasteiger partial charge in [-0.1, -0.05) is 18.2 Å². The molecular formula is C22H25N5O2. The Hall–Kier alpha value is -3.48. The van der Waals surface area contributed by atoms with Crippen LogP contribution in [0.2, 0.25) is 0 Å². The molecule has 1 N–H and O–H groups in total. The normalized spacial score (nSPS) is 10.4. The van der Waals surface area contributed by atoms with Gasteiger partial charge in [0.25, 0.3) is 5.91 Å². The third kappa shape index (κ3) is 5.75. The van der Waals surface area contributed by atoms with E-state index in [1.54, 1.807) is 43.6 Å². The lowest BCUT2D eigenvalue weighted by atomic mass is 10.1. The van der Waals surface area contributed by atoms with E-state index in [0.717, 1.165) is 29.7 Å². The Morgan fingerprint density at radius 1 is 1.03 bits per heavy atom. The smallest absolute Gasteiger partial charge is 0.274 e. The highest BCUT2D eigenvalue weighted by molar-refractivity contribution is 5.92. The molecule has 1 aromatic carbocycles. The predicted octanol–water partition coefficient (Wildman–Crippen LogP) is 2.85. The SMILES string of the molecule is COc1ccccc1CCNc1ccc(C(=O)N(C)CCc2ccncc2)nn1. The number of carbonyl (C=O) groups excluding carboxylic acids is 1. The quantitative estimate of drug-likeness (QED) is 0.604. The maximum Gasteiger partial charge on any atom is 0.274 e. The summed E-state index contributed by atoms with van der Waals surface area (Å²) in [7, 11) is 3.44. The summed E-state index contributed by atoms with van der Waals surface area (Å²) in [5.41, 5.74) is 2.59. The Labute approximate surface area is 170 Å². The van der Waals surface area contributed by atoms with Crippen LogP contribution >= 0.6 is 0 Å². The number of rotatable bonds is 9. The van der Waals surface area contributed by atoms with Crippen LogP contribution in [-0.2, 0) is 12.8 Å². The van der Waals surface area contributed by atoms with E-state index in [-0.39, 0.29) is 5.91 Å². The van der Waals surface area contributed by atoms with E-state index >= 15 is 0 Å². The first-order valence-corrected chi connectivity index (χ1v) is 9.51. The molecule has 150 valence electrons. The van der Waals surface area contributed by atoms with Crippen molar-refractivity contribution in [3.63, 3.8) is 0 Å². The van der Waals surface area contributed by atoms with Crippen LogP contribution in [0.4, 0.5) is 5.82 Å². The van der Waals surface area contributed by atoms with Crippen molar-refractivity contribution >= 4 is 11.7 Å². The van der Waals surface area contributed by atoms with Gasteiger partial charge in [0.2, 0.25) is 0 Å². The second-order valence-electron chi connectivity index (χ2n) is 6.62. The molecule has 0 radical (unpaired) electrons. The molecule has 0 unspecified atom stereocenters. The van der Waals surface area contributed by atoms with Gasteiger partial charge in [-0.25, -0.2) is 0 Å². The number of aromatic nitrogens is 3. The van der Waals surface area contributed by atoms with Crippen LogP contribution in [0.15, 0.2) is 60.9 Å². The highest BCUT2D eigenvalue weighted by atomic mass is 16.5. The summed E-state index contributed by atoms with van der Waals surface area (Å²) in [5, 5.41) is 11.4. The molecule has 0 saturated carbocycles. The second-order valence-corrected chi connectivity index (χ2v) is 6.62. The zero-order valence-corrected chi connectivity index (χ0v) is 16.7. The minimum atomic E-state index is -0.146. The zero-order valence-electron chi connectivity index (χ0n) is 16.7. The molecule has 7 nitrogen and oxygen atoms in total.